The van der Waals surface area contributed by atoms with Crippen molar-refractivity contribution in [2.45, 2.75) is 25.0 Å². The van der Waals surface area contributed by atoms with Gasteiger partial charge in [0.15, 0.2) is 0 Å². The molecule has 0 spiro atoms. The van der Waals surface area contributed by atoms with E-state index in [-0.39, 0.29) is 5.54 Å². The van der Waals surface area contributed by atoms with Gasteiger partial charge in [-0.15, -0.1) is 0 Å². The van der Waals surface area contributed by atoms with Crippen LogP contribution in [0.5, 0.6) is 0 Å². The Kier molecular flexibility index (Phi) is 4.87. The van der Waals surface area contributed by atoms with E-state index in [1.54, 1.807) is 0 Å². The summed E-state index contributed by atoms with van der Waals surface area (Å²) in [6, 6.07) is 32.8. The summed E-state index contributed by atoms with van der Waals surface area (Å²) in [6.45, 7) is 5.24. The third-order valence-corrected chi connectivity index (χ3v) is 5.61. The Morgan fingerprint density at radius 1 is 0.846 bits per heavy atom. The quantitative estimate of drug-likeness (QED) is 0.736. The fraction of sp³-hybridized carbons (Fsp3) is 0.250. The zero-order valence-electron chi connectivity index (χ0n) is 15.3. The van der Waals surface area contributed by atoms with Crippen molar-refractivity contribution in [3.63, 3.8) is 0 Å². The second kappa shape index (κ2) is 7.45. The van der Waals surface area contributed by atoms with Gasteiger partial charge < -0.3 is 5.32 Å². The van der Waals surface area contributed by atoms with Gasteiger partial charge in [-0.1, -0.05) is 91.0 Å². The predicted molar refractivity (Wildman–Crippen MR) is 108 cm³/mol. The van der Waals surface area contributed by atoms with Crippen LogP contribution in [0.3, 0.4) is 0 Å². The first-order chi connectivity index (χ1) is 12.8. The molecule has 2 nitrogen and oxygen atoms in total. The first-order valence-electron chi connectivity index (χ1n) is 9.38. The molecule has 0 bridgehead atoms. The van der Waals surface area contributed by atoms with Crippen molar-refractivity contribution in [2.24, 2.45) is 0 Å². The van der Waals surface area contributed by atoms with E-state index in [1.807, 2.05) is 0 Å². The monoisotopic (exact) mass is 342 g/mol. The Bertz CT molecular complexity index is 817. The third-order valence-electron chi connectivity index (χ3n) is 5.61. The van der Waals surface area contributed by atoms with Gasteiger partial charge in [0.1, 0.15) is 0 Å². The molecule has 1 aliphatic heterocycles. The van der Waals surface area contributed by atoms with Crippen molar-refractivity contribution in [1.29, 1.82) is 0 Å². The molecule has 2 heteroatoms. The molecule has 1 heterocycles. The molecule has 2 atom stereocenters. The predicted octanol–water partition coefficient (Wildman–Crippen LogP) is 4.75. The van der Waals surface area contributed by atoms with Crippen LogP contribution >= 0.6 is 0 Å². The lowest BCUT2D eigenvalue weighted by molar-refractivity contribution is 0.0417. The highest BCUT2D eigenvalue weighted by atomic mass is 15.3. The molecule has 3 aromatic rings. The van der Waals surface area contributed by atoms with Crippen molar-refractivity contribution in [3.8, 4) is 0 Å². The highest BCUT2D eigenvalue weighted by Crippen LogP contribution is 2.35. The standard InChI is InChI=1S/C24H26N2/c1-24(22-15-9-4-10-16-22)19-25-23(21-13-7-3-8-14-21)18-26(24)17-20-11-5-2-6-12-20/h2-16,23,25H,17-19H2,1H3. The van der Waals surface area contributed by atoms with Crippen LogP contribution in [0.25, 0.3) is 0 Å². The summed E-state index contributed by atoms with van der Waals surface area (Å²) in [6.07, 6.45) is 0. The molecule has 132 valence electrons. The van der Waals surface area contributed by atoms with Crippen LogP contribution < -0.4 is 5.32 Å². The van der Waals surface area contributed by atoms with E-state index in [1.165, 1.54) is 16.7 Å². The van der Waals surface area contributed by atoms with E-state index in [9.17, 15) is 0 Å². The summed E-state index contributed by atoms with van der Waals surface area (Å²) >= 11 is 0. The minimum absolute atomic E-state index is 0.0254. The summed E-state index contributed by atoms with van der Waals surface area (Å²) < 4.78 is 0. The molecule has 0 radical (unpaired) electrons. The lowest BCUT2D eigenvalue weighted by Crippen LogP contribution is -2.58. The molecule has 3 aromatic carbocycles. The van der Waals surface area contributed by atoms with Gasteiger partial charge >= 0.3 is 0 Å². The maximum absolute atomic E-state index is 3.80. The number of rotatable bonds is 4. The van der Waals surface area contributed by atoms with Gasteiger partial charge in [-0.25, -0.2) is 0 Å². The highest BCUT2D eigenvalue weighted by Gasteiger charge is 2.39. The van der Waals surface area contributed by atoms with Gasteiger partial charge in [0.25, 0.3) is 0 Å². The number of nitrogens with one attached hydrogen (secondary N) is 1. The molecule has 0 amide bonds. The van der Waals surface area contributed by atoms with Gasteiger partial charge in [0.2, 0.25) is 0 Å². The fourth-order valence-electron chi connectivity index (χ4n) is 3.95. The molecule has 1 aliphatic rings. The lowest BCUT2D eigenvalue weighted by atomic mass is 9.85. The van der Waals surface area contributed by atoms with Crippen LogP contribution in [0.1, 0.15) is 29.7 Å². The van der Waals surface area contributed by atoms with Crippen molar-refractivity contribution in [1.82, 2.24) is 10.2 Å². The van der Waals surface area contributed by atoms with Crippen LogP contribution in [-0.2, 0) is 12.1 Å². The van der Waals surface area contributed by atoms with E-state index in [0.29, 0.717) is 6.04 Å². The van der Waals surface area contributed by atoms with Crippen LogP contribution in [0.4, 0.5) is 0 Å². The van der Waals surface area contributed by atoms with Crippen molar-refractivity contribution >= 4 is 0 Å². The van der Waals surface area contributed by atoms with Gasteiger partial charge in [-0.3, -0.25) is 4.90 Å². The Balaban J connectivity index is 1.66. The van der Waals surface area contributed by atoms with Crippen LogP contribution in [0.15, 0.2) is 91.0 Å². The van der Waals surface area contributed by atoms with E-state index in [4.69, 9.17) is 0 Å². The number of hydrogen-bond donors (Lipinski definition) is 1. The zero-order valence-corrected chi connectivity index (χ0v) is 15.3. The first-order valence-corrected chi connectivity index (χ1v) is 9.38. The average Bonchev–Trinajstić information content (AvgIpc) is 2.72. The lowest BCUT2D eigenvalue weighted by Gasteiger charge is -2.48. The molecule has 26 heavy (non-hydrogen) atoms. The Labute approximate surface area is 156 Å². The second-order valence-electron chi connectivity index (χ2n) is 7.35. The average molecular weight is 342 g/mol. The molecule has 0 aromatic heterocycles. The molecule has 1 N–H and O–H groups in total. The Morgan fingerprint density at radius 3 is 2.08 bits per heavy atom. The normalized spacial score (nSPS) is 23.7. The number of nitrogens with zero attached hydrogens (tertiary/aromatic N) is 1. The Morgan fingerprint density at radius 2 is 1.42 bits per heavy atom. The van der Waals surface area contributed by atoms with Gasteiger partial charge in [-0.05, 0) is 23.6 Å². The smallest absolute Gasteiger partial charge is 0.0561 e. The number of hydrogen-bond acceptors (Lipinski definition) is 2. The van der Waals surface area contributed by atoms with Crippen LogP contribution in [0, 0.1) is 0 Å². The fourth-order valence-corrected chi connectivity index (χ4v) is 3.95. The summed E-state index contributed by atoms with van der Waals surface area (Å²) in [5.41, 5.74) is 4.07. The Hall–Kier alpha value is -2.42. The topological polar surface area (TPSA) is 15.3 Å². The molecule has 4 rings (SSSR count). The molecular formula is C24H26N2. The summed E-state index contributed by atoms with van der Waals surface area (Å²) in [7, 11) is 0. The van der Waals surface area contributed by atoms with Crippen LogP contribution in [-0.4, -0.2) is 18.0 Å². The molecule has 1 fully saturated rings. The van der Waals surface area contributed by atoms with Gasteiger partial charge in [0, 0.05) is 25.7 Å². The first kappa shape index (κ1) is 17.0. The van der Waals surface area contributed by atoms with Gasteiger partial charge in [-0.2, -0.15) is 0 Å². The number of benzene rings is 3. The maximum Gasteiger partial charge on any atom is 0.0561 e. The summed E-state index contributed by atoms with van der Waals surface area (Å²) in [4.78, 5) is 2.63. The minimum Gasteiger partial charge on any atom is -0.307 e. The van der Waals surface area contributed by atoms with Crippen molar-refractivity contribution < 1.29 is 0 Å². The number of piperazine rings is 1. The molecule has 0 aliphatic carbocycles. The van der Waals surface area contributed by atoms with E-state index >= 15 is 0 Å². The van der Waals surface area contributed by atoms with E-state index in [2.05, 4.69) is 108 Å². The molecule has 2 unspecified atom stereocenters. The minimum atomic E-state index is -0.0254. The van der Waals surface area contributed by atoms with Crippen molar-refractivity contribution in [3.05, 3.63) is 108 Å². The summed E-state index contributed by atoms with van der Waals surface area (Å²) in [5, 5.41) is 3.80. The molecule has 0 saturated carbocycles. The highest BCUT2D eigenvalue weighted by molar-refractivity contribution is 5.28. The SMILES string of the molecule is CC1(c2ccccc2)CNC(c2ccccc2)CN1Cc1ccccc1. The van der Waals surface area contributed by atoms with Crippen LogP contribution in [0.2, 0.25) is 0 Å². The third kappa shape index (κ3) is 3.44. The second-order valence-corrected chi connectivity index (χ2v) is 7.35. The molecular weight excluding hydrogens is 316 g/mol. The van der Waals surface area contributed by atoms with E-state index in [0.717, 1.165) is 19.6 Å². The zero-order chi connectivity index (χ0) is 17.8. The largest absolute Gasteiger partial charge is 0.307 e. The maximum atomic E-state index is 3.80. The van der Waals surface area contributed by atoms with Crippen molar-refractivity contribution in [2.75, 3.05) is 13.1 Å². The molecule has 1 saturated heterocycles. The van der Waals surface area contributed by atoms with Gasteiger partial charge in [0.05, 0.1) is 5.54 Å². The van der Waals surface area contributed by atoms with E-state index < -0.39 is 0 Å². The summed E-state index contributed by atoms with van der Waals surface area (Å²) in [5.74, 6) is 0.